The molecule has 0 amide bonds. The summed E-state index contributed by atoms with van der Waals surface area (Å²) in [6.45, 7) is 11.5. The second-order valence-electron chi connectivity index (χ2n) is 7.18. The fourth-order valence-corrected chi connectivity index (χ4v) is 2.02. The zero-order valence-electron chi connectivity index (χ0n) is 15.8. The topological polar surface area (TPSA) is 87.0 Å². The first-order valence-corrected chi connectivity index (χ1v) is 9.54. The van der Waals surface area contributed by atoms with Crippen molar-refractivity contribution in [2.75, 3.05) is 66.1 Å². The van der Waals surface area contributed by atoms with Crippen molar-refractivity contribution in [3.05, 3.63) is 0 Å². The largest absolute Gasteiger partial charge is 0.376 e. The minimum atomic E-state index is 0.0944. The van der Waals surface area contributed by atoms with Crippen LogP contribution in [0.1, 0.15) is 13.8 Å². The molecule has 0 radical (unpaired) electrons. The van der Waals surface area contributed by atoms with Gasteiger partial charge in [0, 0.05) is 0 Å². The van der Waals surface area contributed by atoms with Crippen LogP contribution in [-0.4, -0.2) is 103 Å². The molecular formula is C18H32O8. The second kappa shape index (κ2) is 10.9. The lowest BCUT2D eigenvalue weighted by molar-refractivity contribution is -0.0600. The van der Waals surface area contributed by atoms with Crippen LogP contribution in [0.4, 0.5) is 0 Å². The fraction of sp³-hybridized carbons (Fsp3) is 1.00. The van der Waals surface area contributed by atoms with Crippen molar-refractivity contribution in [1.29, 1.82) is 0 Å². The lowest BCUT2D eigenvalue weighted by atomic mass is 10.4. The summed E-state index contributed by atoms with van der Waals surface area (Å²) in [5, 5.41) is 0. The van der Waals surface area contributed by atoms with Gasteiger partial charge in [-0.15, -0.1) is 0 Å². The van der Waals surface area contributed by atoms with Gasteiger partial charge < -0.3 is 37.9 Å². The SMILES string of the molecule is C(OCC1CO1)C1CO1.CC(COCC1CO1)OCC(C)OCC1CO1. The van der Waals surface area contributed by atoms with Crippen molar-refractivity contribution >= 4 is 0 Å². The summed E-state index contributed by atoms with van der Waals surface area (Å²) in [6.07, 6.45) is 1.62. The number of hydrogen-bond donors (Lipinski definition) is 0. The van der Waals surface area contributed by atoms with Crippen LogP contribution in [0.3, 0.4) is 0 Å². The molecule has 4 fully saturated rings. The minimum Gasteiger partial charge on any atom is -0.376 e. The maximum Gasteiger partial charge on any atom is 0.104 e. The van der Waals surface area contributed by atoms with Crippen molar-refractivity contribution < 1.29 is 37.9 Å². The van der Waals surface area contributed by atoms with E-state index in [1.165, 1.54) is 0 Å². The Morgan fingerprint density at radius 1 is 0.615 bits per heavy atom. The van der Waals surface area contributed by atoms with Gasteiger partial charge in [-0.05, 0) is 13.8 Å². The zero-order chi connectivity index (χ0) is 18.2. The molecule has 6 atom stereocenters. The smallest absolute Gasteiger partial charge is 0.104 e. The zero-order valence-corrected chi connectivity index (χ0v) is 15.8. The molecule has 8 heteroatoms. The Labute approximate surface area is 155 Å². The number of hydrogen-bond acceptors (Lipinski definition) is 8. The van der Waals surface area contributed by atoms with Crippen LogP contribution < -0.4 is 0 Å². The van der Waals surface area contributed by atoms with E-state index in [-0.39, 0.29) is 12.2 Å². The Morgan fingerprint density at radius 2 is 1.04 bits per heavy atom. The lowest BCUT2D eigenvalue weighted by Crippen LogP contribution is -2.25. The van der Waals surface area contributed by atoms with Crippen LogP contribution in [0.2, 0.25) is 0 Å². The van der Waals surface area contributed by atoms with Crippen LogP contribution in [-0.2, 0) is 37.9 Å². The number of ether oxygens (including phenoxy) is 8. The van der Waals surface area contributed by atoms with Gasteiger partial charge in [0.25, 0.3) is 0 Å². The third-order valence-electron chi connectivity index (χ3n) is 4.06. The highest BCUT2D eigenvalue weighted by atomic mass is 16.6. The van der Waals surface area contributed by atoms with Gasteiger partial charge in [-0.2, -0.15) is 0 Å². The molecule has 0 spiro atoms. The maximum atomic E-state index is 5.63. The first-order chi connectivity index (χ1) is 12.7. The van der Waals surface area contributed by atoms with Crippen molar-refractivity contribution in [2.24, 2.45) is 0 Å². The molecule has 6 unspecified atom stereocenters. The Balaban J connectivity index is 0.000000181. The Bertz CT molecular complexity index is 367. The first kappa shape index (κ1) is 20.4. The molecule has 26 heavy (non-hydrogen) atoms. The summed E-state index contributed by atoms with van der Waals surface area (Å²) < 4.78 is 41.9. The van der Waals surface area contributed by atoms with Crippen LogP contribution in [0, 0.1) is 0 Å². The summed E-state index contributed by atoms with van der Waals surface area (Å²) in [6, 6.07) is 0. The van der Waals surface area contributed by atoms with Gasteiger partial charge in [0.15, 0.2) is 0 Å². The highest BCUT2D eigenvalue weighted by Gasteiger charge is 2.26. The average molecular weight is 376 g/mol. The standard InChI is InChI=1S/C12H22O5.C6H10O3/c1-9(3-13-5-11-7-16-11)14-4-10(2)15-6-12-8-17-12;1(5-3-8-5)7-2-6-4-9-6/h9-12H,3-8H2,1-2H3;5-6H,1-4H2. The molecule has 0 saturated carbocycles. The van der Waals surface area contributed by atoms with Crippen molar-refractivity contribution in [3.63, 3.8) is 0 Å². The molecule has 4 saturated heterocycles. The molecule has 152 valence electrons. The molecule has 4 aliphatic heterocycles. The highest BCUT2D eigenvalue weighted by molar-refractivity contribution is 4.71. The number of epoxide rings is 4. The number of rotatable bonds is 14. The summed E-state index contributed by atoms with van der Waals surface area (Å²) in [5.74, 6) is 0. The highest BCUT2D eigenvalue weighted by Crippen LogP contribution is 2.13. The molecule has 0 aromatic carbocycles. The quantitative estimate of drug-likeness (QED) is 0.403. The van der Waals surface area contributed by atoms with Gasteiger partial charge in [0.2, 0.25) is 0 Å². The maximum absolute atomic E-state index is 5.63. The summed E-state index contributed by atoms with van der Waals surface area (Å²) in [4.78, 5) is 0. The molecule has 0 bridgehead atoms. The van der Waals surface area contributed by atoms with Gasteiger partial charge in [-0.1, -0.05) is 0 Å². The average Bonchev–Trinajstić information content (AvgIpc) is 3.48. The third-order valence-corrected chi connectivity index (χ3v) is 4.06. The van der Waals surface area contributed by atoms with Gasteiger partial charge in [-0.3, -0.25) is 0 Å². The normalized spacial score (nSPS) is 33.0. The molecule has 4 heterocycles. The predicted octanol–water partition coefficient (Wildman–Crippen LogP) is 0.411. The van der Waals surface area contributed by atoms with Gasteiger partial charge in [0.1, 0.15) is 24.4 Å². The van der Waals surface area contributed by atoms with Crippen LogP contribution in [0.25, 0.3) is 0 Å². The van der Waals surface area contributed by atoms with Crippen LogP contribution >= 0.6 is 0 Å². The van der Waals surface area contributed by atoms with E-state index in [0.29, 0.717) is 50.8 Å². The van der Waals surface area contributed by atoms with Crippen LogP contribution in [0.5, 0.6) is 0 Å². The molecule has 4 rings (SSSR count). The molecule has 8 nitrogen and oxygen atoms in total. The molecule has 0 aromatic rings. The predicted molar refractivity (Wildman–Crippen MR) is 91.4 cm³/mol. The third kappa shape index (κ3) is 10.7. The summed E-state index contributed by atoms with van der Waals surface area (Å²) in [5.41, 5.74) is 0. The van der Waals surface area contributed by atoms with E-state index in [1.54, 1.807) is 0 Å². The Morgan fingerprint density at radius 3 is 1.54 bits per heavy atom. The van der Waals surface area contributed by atoms with E-state index in [4.69, 9.17) is 37.9 Å². The molecule has 0 N–H and O–H groups in total. The monoisotopic (exact) mass is 376 g/mol. The van der Waals surface area contributed by atoms with Crippen molar-refractivity contribution in [2.45, 2.75) is 50.5 Å². The van der Waals surface area contributed by atoms with Crippen molar-refractivity contribution in [1.82, 2.24) is 0 Å². The first-order valence-electron chi connectivity index (χ1n) is 9.54. The fourth-order valence-electron chi connectivity index (χ4n) is 2.02. The molecule has 0 aromatic heterocycles. The van der Waals surface area contributed by atoms with Gasteiger partial charge >= 0.3 is 0 Å². The van der Waals surface area contributed by atoms with E-state index in [0.717, 1.165) is 39.6 Å². The Kier molecular flexibility index (Phi) is 8.54. The summed E-state index contributed by atoms with van der Waals surface area (Å²) >= 11 is 0. The van der Waals surface area contributed by atoms with Gasteiger partial charge in [-0.25, -0.2) is 0 Å². The van der Waals surface area contributed by atoms with E-state index in [2.05, 4.69) is 0 Å². The Hall–Kier alpha value is -0.320. The van der Waals surface area contributed by atoms with E-state index < -0.39 is 0 Å². The molecule has 0 aliphatic carbocycles. The van der Waals surface area contributed by atoms with E-state index >= 15 is 0 Å². The second-order valence-corrected chi connectivity index (χ2v) is 7.18. The van der Waals surface area contributed by atoms with E-state index in [9.17, 15) is 0 Å². The van der Waals surface area contributed by atoms with Gasteiger partial charge in [0.05, 0.1) is 78.3 Å². The minimum absolute atomic E-state index is 0.0944. The van der Waals surface area contributed by atoms with E-state index in [1.807, 2.05) is 13.8 Å². The molecule has 4 aliphatic rings. The summed E-state index contributed by atoms with van der Waals surface area (Å²) in [7, 11) is 0. The van der Waals surface area contributed by atoms with Crippen LogP contribution in [0.15, 0.2) is 0 Å². The van der Waals surface area contributed by atoms with Crippen molar-refractivity contribution in [3.8, 4) is 0 Å². The lowest BCUT2D eigenvalue weighted by Gasteiger charge is -2.17. The molecular weight excluding hydrogens is 344 g/mol.